The SMILES string of the molecule is O=C(CCCCCCC(=O)OCN1C(=O)CCc2ccc(OCCCCN3CCN(c4cccc5sccc45)CC3)cc21)OCN1C(=O)CCc2ccc(OCCCCN3CCN(c4cccc5sccc45)CC3)cc21. The molecule has 4 aromatic carbocycles. The summed E-state index contributed by atoms with van der Waals surface area (Å²) >= 11 is 3.60. The molecule has 0 aliphatic carbocycles. The predicted octanol–water partition coefficient (Wildman–Crippen LogP) is 10.7. The predicted molar refractivity (Wildman–Crippen MR) is 305 cm³/mol. The Morgan fingerprint density at radius 1 is 0.461 bits per heavy atom. The molecule has 0 bridgehead atoms. The van der Waals surface area contributed by atoms with Crippen LogP contribution in [0.1, 0.15) is 88.2 Å². The summed E-state index contributed by atoms with van der Waals surface area (Å²) in [5, 5.41) is 7.05. The molecule has 402 valence electrons. The molecule has 0 atom stereocenters. The third-order valence-electron chi connectivity index (χ3n) is 15.4. The van der Waals surface area contributed by atoms with E-state index < -0.39 is 0 Å². The summed E-state index contributed by atoms with van der Waals surface area (Å²) in [6.45, 7) is 11.3. The molecular formula is C60H72N6O8S2. The van der Waals surface area contributed by atoms with Gasteiger partial charge in [-0.3, -0.25) is 38.8 Å². The number of rotatable bonds is 25. The molecule has 4 aliphatic heterocycles. The number of aryl methyl sites for hydroxylation is 2. The first kappa shape index (κ1) is 53.2. The number of amides is 2. The zero-order chi connectivity index (χ0) is 52.1. The van der Waals surface area contributed by atoms with Gasteiger partial charge in [0.15, 0.2) is 13.5 Å². The molecule has 2 saturated heterocycles. The molecule has 0 spiro atoms. The molecule has 0 N–H and O–H groups in total. The van der Waals surface area contributed by atoms with Crippen LogP contribution in [0.15, 0.2) is 95.7 Å². The van der Waals surface area contributed by atoms with Crippen LogP contribution in [0, 0.1) is 0 Å². The van der Waals surface area contributed by atoms with Crippen LogP contribution in [0.4, 0.5) is 22.7 Å². The number of nitrogens with zero attached hydrogens (tertiary/aromatic N) is 6. The Kier molecular flexibility index (Phi) is 18.4. The van der Waals surface area contributed by atoms with Gasteiger partial charge in [0.1, 0.15) is 11.5 Å². The highest BCUT2D eigenvalue weighted by Crippen LogP contribution is 2.35. The molecular weight excluding hydrogens is 997 g/mol. The maximum Gasteiger partial charge on any atom is 0.307 e. The van der Waals surface area contributed by atoms with E-state index in [2.05, 4.69) is 78.9 Å². The van der Waals surface area contributed by atoms with Crippen LogP contribution in [-0.4, -0.2) is 126 Å². The number of fused-ring (bicyclic) bond motifs is 4. The number of hydrogen-bond acceptors (Lipinski definition) is 14. The van der Waals surface area contributed by atoms with Crippen molar-refractivity contribution in [3.63, 3.8) is 0 Å². The van der Waals surface area contributed by atoms with Gasteiger partial charge in [0.25, 0.3) is 0 Å². The Morgan fingerprint density at radius 2 is 0.908 bits per heavy atom. The molecule has 4 aliphatic rings. The number of ether oxygens (including phenoxy) is 4. The smallest absolute Gasteiger partial charge is 0.307 e. The summed E-state index contributed by atoms with van der Waals surface area (Å²) in [5.74, 6) is 0.525. The van der Waals surface area contributed by atoms with Gasteiger partial charge in [0.05, 0.1) is 24.6 Å². The monoisotopic (exact) mass is 1070 g/mol. The molecule has 2 aromatic heterocycles. The highest BCUT2D eigenvalue weighted by molar-refractivity contribution is 7.17. The van der Waals surface area contributed by atoms with Gasteiger partial charge in [-0.1, -0.05) is 37.1 Å². The molecule has 6 heterocycles. The zero-order valence-electron chi connectivity index (χ0n) is 43.8. The zero-order valence-corrected chi connectivity index (χ0v) is 45.4. The van der Waals surface area contributed by atoms with Gasteiger partial charge in [-0.15, -0.1) is 22.7 Å². The van der Waals surface area contributed by atoms with Crippen molar-refractivity contribution in [3.05, 3.63) is 107 Å². The van der Waals surface area contributed by atoms with Gasteiger partial charge >= 0.3 is 11.9 Å². The Bertz CT molecular complexity index is 2730. The molecule has 76 heavy (non-hydrogen) atoms. The highest BCUT2D eigenvalue weighted by atomic mass is 32.1. The minimum atomic E-state index is -0.364. The van der Waals surface area contributed by atoms with Crippen molar-refractivity contribution < 1.29 is 38.1 Å². The average Bonchev–Trinajstić information content (AvgIpc) is 4.17. The van der Waals surface area contributed by atoms with E-state index in [9.17, 15) is 19.2 Å². The van der Waals surface area contributed by atoms with Crippen molar-refractivity contribution in [2.45, 2.75) is 89.9 Å². The van der Waals surface area contributed by atoms with Crippen LogP contribution < -0.4 is 29.1 Å². The van der Waals surface area contributed by atoms with Crippen molar-refractivity contribution in [1.29, 1.82) is 0 Å². The van der Waals surface area contributed by atoms with Gasteiger partial charge in [-0.2, -0.15) is 0 Å². The molecule has 6 aromatic rings. The minimum Gasteiger partial charge on any atom is -0.494 e. The number of carbonyl (C=O) groups is 4. The van der Waals surface area contributed by atoms with Crippen molar-refractivity contribution in [3.8, 4) is 11.5 Å². The van der Waals surface area contributed by atoms with E-state index in [4.69, 9.17) is 18.9 Å². The van der Waals surface area contributed by atoms with E-state index in [-0.39, 0.29) is 50.1 Å². The first-order chi connectivity index (χ1) is 37.3. The van der Waals surface area contributed by atoms with Crippen LogP contribution in [0.2, 0.25) is 0 Å². The molecule has 2 amide bonds. The first-order valence-corrected chi connectivity index (χ1v) is 29.4. The van der Waals surface area contributed by atoms with Gasteiger partial charge in [0.2, 0.25) is 11.8 Å². The quantitative estimate of drug-likeness (QED) is 0.0400. The van der Waals surface area contributed by atoms with Crippen molar-refractivity contribution in [2.75, 3.05) is 112 Å². The number of thiophene rings is 2. The molecule has 0 unspecified atom stereocenters. The van der Waals surface area contributed by atoms with E-state index >= 15 is 0 Å². The van der Waals surface area contributed by atoms with E-state index in [0.29, 0.717) is 63.2 Å². The summed E-state index contributed by atoms with van der Waals surface area (Å²) in [4.78, 5) is 64.9. The number of benzene rings is 4. The van der Waals surface area contributed by atoms with Crippen molar-refractivity contribution in [1.82, 2.24) is 9.80 Å². The third-order valence-corrected chi connectivity index (χ3v) is 17.1. The first-order valence-electron chi connectivity index (χ1n) is 27.6. The van der Waals surface area contributed by atoms with Crippen LogP contribution >= 0.6 is 22.7 Å². The van der Waals surface area contributed by atoms with Crippen LogP contribution in [0.3, 0.4) is 0 Å². The van der Waals surface area contributed by atoms with Crippen LogP contribution in [0.5, 0.6) is 11.5 Å². The fraction of sp³-hybridized carbons (Fsp3) is 0.467. The number of unbranched alkanes of at least 4 members (excludes halogenated alkanes) is 5. The third kappa shape index (κ3) is 13.7. The summed E-state index contributed by atoms with van der Waals surface area (Å²) in [6.07, 6.45) is 9.07. The summed E-state index contributed by atoms with van der Waals surface area (Å²) in [5.41, 5.74) is 6.22. The van der Waals surface area contributed by atoms with Crippen LogP contribution in [0.25, 0.3) is 20.2 Å². The second-order valence-corrected chi connectivity index (χ2v) is 22.3. The maximum atomic E-state index is 13.0. The van der Waals surface area contributed by atoms with Gasteiger partial charge in [-0.25, -0.2) is 0 Å². The number of carbonyl (C=O) groups excluding carboxylic acids is 4. The largest absolute Gasteiger partial charge is 0.494 e. The van der Waals surface area contributed by atoms with Gasteiger partial charge < -0.3 is 28.7 Å². The highest BCUT2D eigenvalue weighted by Gasteiger charge is 2.28. The van der Waals surface area contributed by atoms with E-state index in [1.165, 1.54) is 31.5 Å². The molecule has 0 saturated carbocycles. The summed E-state index contributed by atoms with van der Waals surface area (Å²) < 4.78 is 26.2. The normalized spacial score (nSPS) is 16.3. The second kappa shape index (κ2) is 26.2. The summed E-state index contributed by atoms with van der Waals surface area (Å²) in [7, 11) is 0. The lowest BCUT2D eigenvalue weighted by Crippen LogP contribution is -2.46. The minimum absolute atomic E-state index is 0.0784. The lowest BCUT2D eigenvalue weighted by molar-refractivity contribution is -0.145. The molecule has 16 heteroatoms. The molecule has 2 fully saturated rings. The Hall–Kier alpha value is -6.20. The lowest BCUT2D eigenvalue weighted by Gasteiger charge is -2.36. The summed E-state index contributed by atoms with van der Waals surface area (Å²) in [6, 6.07) is 29.4. The molecule has 0 radical (unpaired) electrons. The fourth-order valence-electron chi connectivity index (χ4n) is 11.0. The van der Waals surface area contributed by atoms with Crippen LogP contribution in [-0.2, 0) is 41.5 Å². The Balaban J connectivity index is 0.571. The van der Waals surface area contributed by atoms with Gasteiger partial charge in [-0.05, 0) is 135 Å². The Morgan fingerprint density at radius 3 is 1.36 bits per heavy atom. The van der Waals surface area contributed by atoms with E-state index in [0.717, 1.165) is 126 Å². The standard InChI is InChI=1S/C60H72N6O8S2/c67-57-23-19-45-17-21-47(71-37-7-5-27-61-29-33-63(34-30-61)51-11-9-13-55-49(51)25-39-75-55)41-53(45)65(57)43-73-59(69)15-3-1-2-4-16-60(70)74-44-66-54-42-48(22-18-46(54)20-24-58(66)68)72-38-8-6-28-62-31-35-64(36-32-62)52-12-10-14-56-50(52)26-40-76-56/h9-14,17-18,21-22,25-26,39-42H,1-8,15-16,19-20,23-24,27-38,43-44H2. The number of piperazine rings is 2. The van der Waals surface area contributed by atoms with E-state index in [1.54, 1.807) is 32.5 Å². The molecule has 10 rings (SSSR count). The number of anilines is 4. The van der Waals surface area contributed by atoms with Crippen molar-refractivity contribution >= 4 is 89.3 Å². The fourth-order valence-corrected chi connectivity index (χ4v) is 12.6. The second-order valence-electron chi connectivity index (χ2n) is 20.4. The average molecular weight is 1070 g/mol. The topological polar surface area (TPSA) is 125 Å². The number of esters is 2. The van der Waals surface area contributed by atoms with E-state index in [1.807, 2.05) is 36.4 Å². The van der Waals surface area contributed by atoms with Gasteiger partial charge in [0, 0.05) is 122 Å². The maximum absolute atomic E-state index is 13.0. The Labute approximate surface area is 455 Å². The molecule has 14 nitrogen and oxygen atoms in total. The van der Waals surface area contributed by atoms with Crippen molar-refractivity contribution in [2.24, 2.45) is 0 Å². The number of hydrogen-bond donors (Lipinski definition) is 0. The lowest BCUT2D eigenvalue weighted by atomic mass is 10.0.